The van der Waals surface area contributed by atoms with Gasteiger partial charge in [0.05, 0.1) is 11.1 Å². The molecule has 1 aromatic heterocycles. The van der Waals surface area contributed by atoms with Crippen molar-refractivity contribution in [1.29, 1.82) is 0 Å². The van der Waals surface area contributed by atoms with E-state index in [1.165, 1.54) is 10.7 Å². The van der Waals surface area contributed by atoms with Gasteiger partial charge in [-0.3, -0.25) is 9.59 Å². The minimum absolute atomic E-state index is 0.0484. The van der Waals surface area contributed by atoms with E-state index >= 15 is 0 Å². The summed E-state index contributed by atoms with van der Waals surface area (Å²) in [5, 5.41) is 8.99. The number of carbonyl (C=O) groups is 1. The van der Waals surface area contributed by atoms with Crippen LogP contribution in [0.25, 0.3) is 10.8 Å². The molecule has 3 rings (SSSR count). The second kappa shape index (κ2) is 9.25. The Kier molecular flexibility index (Phi) is 6.51. The van der Waals surface area contributed by atoms with E-state index < -0.39 is 12.5 Å². The molecular weight excluding hydrogens is 394 g/mol. The maximum atomic E-state index is 12.8. The van der Waals surface area contributed by atoms with Gasteiger partial charge < -0.3 is 4.74 Å². The van der Waals surface area contributed by atoms with E-state index in [9.17, 15) is 18.4 Å². The Morgan fingerprint density at radius 2 is 1.83 bits per heavy atom. The first kappa shape index (κ1) is 21.1. The van der Waals surface area contributed by atoms with Crippen LogP contribution in [0.5, 0.6) is 5.75 Å². The maximum Gasteiger partial charge on any atom is 0.387 e. The predicted octanol–water partition coefficient (Wildman–Crippen LogP) is 3.56. The molecule has 0 aliphatic rings. The van der Waals surface area contributed by atoms with Gasteiger partial charge in [-0.1, -0.05) is 37.3 Å². The van der Waals surface area contributed by atoms with Gasteiger partial charge in [-0.25, -0.2) is 10.1 Å². The molecule has 156 valence electrons. The monoisotopic (exact) mass is 414 g/mol. The average Bonchev–Trinajstić information content (AvgIpc) is 2.74. The highest BCUT2D eigenvalue weighted by Gasteiger charge is 2.17. The Balaban J connectivity index is 1.94. The van der Waals surface area contributed by atoms with Crippen LogP contribution in [0.2, 0.25) is 0 Å². The molecular formula is C21H20F2N4O3. The number of hydrazone groups is 1. The van der Waals surface area contributed by atoms with Gasteiger partial charge >= 0.3 is 6.61 Å². The van der Waals surface area contributed by atoms with E-state index in [0.717, 1.165) is 0 Å². The molecule has 0 aliphatic heterocycles. The normalized spacial score (nSPS) is 11.7. The third-order valence-electron chi connectivity index (χ3n) is 4.34. The summed E-state index contributed by atoms with van der Waals surface area (Å²) in [6, 6.07) is 12.8. The second-order valence-electron chi connectivity index (χ2n) is 6.44. The van der Waals surface area contributed by atoms with Crippen molar-refractivity contribution in [1.82, 2.24) is 15.2 Å². The topological polar surface area (TPSA) is 85.6 Å². The number of fused-ring (bicyclic) bond motifs is 1. The number of benzene rings is 2. The third kappa shape index (κ3) is 4.51. The lowest BCUT2D eigenvalue weighted by molar-refractivity contribution is -0.0499. The Morgan fingerprint density at radius 3 is 2.53 bits per heavy atom. The summed E-state index contributed by atoms with van der Waals surface area (Å²) in [6.45, 7) is 0.834. The SMILES string of the molecule is CCCn1nc(C(=O)N/N=C(/C)c2ccccc2OC(F)F)c2ccccc2c1=O. The molecule has 3 aromatic rings. The maximum absolute atomic E-state index is 12.8. The first-order chi connectivity index (χ1) is 14.4. The van der Waals surface area contributed by atoms with Gasteiger partial charge in [0.15, 0.2) is 5.69 Å². The Hall–Kier alpha value is -3.62. The van der Waals surface area contributed by atoms with Crippen LogP contribution < -0.4 is 15.7 Å². The van der Waals surface area contributed by atoms with E-state index in [0.29, 0.717) is 29.3 Å². The van der Waals surface area contributed by atoms with Gasteiger partial charge in [-0.2, -0.15) is 19.0 Å². The minimum atomic E-state index is -2.98. The summed E-state index contributed by atoms with van der Waals surface area (Å²) in [5.74, 6) is -0.675. The molecule has 30 heavy (non-hydrogen) atoms. The number of amides is 1. The van der Waals surface area contributed by atoms with Crippen LogP contribution in [0.15, 0.2) is 58.4 Å². The van der Waals surface area contributed by atoms with Crippen LogP contribution >= 0.6 is 0 Å². The Bertz CT molecular complexity index is 1160. The zero-order valence-electron chi connectivity index (χ0n) is 16.4. The van der Waals surface area contributed by atoms with E-state index in [4.69, 9.17) is 0 Å². The quantitative estimate of drug-likeness (QED) is 0.473. The first-order valence-electron chi connectivity index (χ1n) is 9.31. The van der Waals surface area contributed by atoms with Crippen LogP contribution in [0.3, 0.4) is 0 Å². The number of halogens is 2. The molecule has 0 saturated carbocycles. The number of aromatic nitrogens is 2. The first-order valence-corrected chi connectivity index (χ1v) is 9.31. The summed E-state index contributed by atoms with van der Waals surface area (Å²) in [5.41, 5.74) is 2.74. The van der Waals surface area contributed by atoms with Crippen LogP contribution in [0.4, 0.5) is 8.78 Å². The predicted molar refractivity (Wildman–Crippen MR) is 109 cm³/mol. The van der Waals surface area contributed by atoms with Crippen molar-refractivity contribution in [3.05, 3.63) is 70.1 Å². The van der Waals surface area contributed by atoms with Crippen molar-refractivity contribution in [2.75, 3.05) is 0 Å². The van der Waals surface area contributed by atoms with Crippen LogP contribution in [0.1, 0.15) is 36.3 Å². The molecule has 0 radical (unpaired) electrons. The number of ether oxygens (including phenoxy) is 1. The Morgan fingerprint density at radius 1 is 1.17 bits per heavy atom. The number of para-hydroxylation sites is 1. The van der Waals surface area contributed by atoms with Crippen molar-refractivity contribution >= 4 is 22.4 Å². The molecule has 1 N–H and O–H groups in total. The number of nitrogens with zero attached hydrogens (tertiary/aromatic N) is 3. The van der Waals surface area contributed by atoms with Crippen molar-refractivity contribution < 1.29 is 18.3 Å². The van der Waals surface area contributed by atoms with E-state index in [-0.39, 0.29) is 22.7 Å². The average molecular weight is 414 g/mol. The van der Waals surface area contributed by atoms with Gasteiger partial charge in [-0.05, 0) is 31.5 Å². The fourth-order valence-electron chi connectivity index (χ4n) is 2.98. The smallest absolute Gasteiger partial charge is 0.387 e. The number of aryl methyl sites for hydroxylation is 1. The van der Waals surface area contributed by atoms with Gasteiger partial charge in [0, 0.05) is 17.5 Å². The third-order valence-corrected chi connectivity index (χ3v) is 4.34. The van der Waals surface area contributed by atoms with Gasteiger partial charge in [-0.15, -0.1) is 0 Å². The van der Waals surface area contributed by atoms with E-state index in [2.05, 4.69) is 20.4 Å². The lowest BCUT2D eigenvalue weighted by atomic mass is 10.1. The van der Waals surface area contributed by atoms with Crippen molar-refractivity contribution in [2.24, 2.45) is 5.10 Å². The summed E-state index contributed by atoms with van der Waals surface area (Å²) >= 11 is 0. The molecule has 0 spiro atoms. The van der Waals surface area contributed by atoms with Crippen LogP contribution in [0, 0.1) is 0 Å². The van der Waals surface area contributed by atoms with Gasteiger partial charge in [0.25, 0.3) is 11.5 Å². The summed E-state index contributed by atoms with van der Waals surface area (Å²) in [4.78, 5) is 25.3. The number of hydrogen-bond donors (Lipinski definition) is 1. The Labute approximate surface area is 171 Å². The number of nitrogens with one attached hydrogen (secondary N) is 1. The van der Waals surface area contributed by atoms with Crippen LogP contribution in [-0.4, -0.2) is 28.0 Å². The minimum Gasteiger partial charge on any atom is -0.434 e. The molecule has 7 nitrogen and oxygen atoms in total. The zero-order chi connectivity index (χ0) is 21.7. The highest BCUT2D eigenvalue weighted by atomic mass is 19.3. The molecule has 0 fully saturated rings. The lowest BCUT2D eigenvalue weighted by Gasteiger charge is -2.11. The number of hydrogen-bond acceptors (Lipinski definition) is 5. The van der Waals surface area contributed by atoms with Crippen molar-refractivity contribution in [3.63, 3.8) is 0 Å². The van der Waals surface area contributed by atoms with Gasteiger partial charge in [0.2, 0.25) is 0 Å². The molecule has 2 aromatic carbocycles. The molecule has 0 bridgehead atoms. The summed E-state index contributed by atoms with van der Waals surface area (Å²) in [7, 11) is 0. The van der Waals surface area contributed by atoms with Crippen molar-refractivity contribution in [3.8, 4) is 5.75 Å². The molecule has 9 heteroatoms. The highest BCUT2D eigenvalue weighted by molar-refractivity contribution is 6.06. The fourth-order valence-corrected chi connectivity index (χ4v) is 2.98. The molecule has 0 aliphatic carbocycles. The molecule has 1 heterocycles. The second-order valence-corrected chi connectivity index (χ2v) is 6.44. The van der Waals surface area contributed by atoms with Gasteiger partial charge in [0.1, 0.15) is 5.75 Å². The number of rotatable bonds is 7. The molecule has 1 amide bonds. The van der Waals surface area contributed by atoms with E-state index in [1.807, 2.05) is 6.92 Å². The molecule has 0 atom stereocenters. The summed E-state index contributed by atoms with van der Waals surface area (Å²) in [6.07, 6.45) is 0.671. The number of carbonyl (C=O) groups excluding carboxylic acids is 1. The van der Waals surface area contributed by atoms with Crippen LogP contribution in [-0.2, 0) is 6.54 Å². The zero-order valence-corrected chi connectivity index (χ0v) is 16.4. The summed E-state index contributed by atoms with van der Waals surface area (Å²) < 4.78 is 31.0. The van der Waals surface area contributed by atoms with Crippen molar-refractivity contribution in [2.45, 2.75) is 33.4 Å². The largest absolute Gasteiger partial charge is 0.434 e. The number of alkyl halides is 2. The standard InChI is InChI=1S/C21H20F2N4O3/c1-3-12-27-20(29)16-10-5-4-9-15(16)18(26-27)19(28)25-24-13(2)14-8-6-7-11-17(14)30-21(22)23/h4-11,21H,3,12H2,1-2H3,(H,25,28)/b24-13-. The highest BCUT2D eigenvalue weighted by Crippen LogP contribution is 2.21. The fraction of sp³-hybridized carbons (Fsp3) is 0.238. The molecule has 0 saturated heterocycles. The molecule has 0 unspecified atom stereocenters. The van der Waals surface area contributed by atoms with E-state index in [1.54, 1.807) is 49.4 Å². The lowest BCUT2D eigenvalue weighted by Crippen LogP contribution is -2.29.